The van der Waals surface area contributed by atoms with Crippen molar-refractivity contribution in [2.45, 2.75) is 13.5 Å². The van der Waals surface area contributed by atoms with Gasteiger partial charge in [0.05, 0.1) is 0 Å². The first-order valence-electron chi connectivity index (χ1n) is 4.63. The highest BCUT2D eigenvalue weighted by Gasteiger charge is 1.99. The van der Waals surface area contributed by atoms with Gasteiger partial charge in [-0.1, -0.05) is 11.6 Å². The lowest BCUT2D eigenvalue weighted by molar-refractivity contribution is 1.13. The third-order valence-corrected chi connectivity index (χ3v) is 3.29. The first-order chi connectivity index (χ1) is 7.25. The van der Waals surface area contributed by atoms with Crippen molar-refractivity contribution in [2.24, 2.45) is 0 Å². The number of thiophene rings is 1. The van der Waals surface area contributed by atoms with E-state index in [0.29, 0.717) is 5.15 Å². The van der Waals surface area contributed by atoms with E-state index < -0.39 is 0 Å². The van der Waals surface area contributed by atoms with Gasteiger partial charge in [-0.3, -0.25) is 0 Å². The molecule has 0 spiro atoms. The van der Waals surface area contributed by atoms with Gasteiger partial charge in [0.1, 0.15) is 5.15 Å². The highest BCUT2D eigenvalue weighted by Crippen LogP contribution is 2.17. The molecule has 2 aromatic rings. The second-order valence-electron chi connectivity index (χ2n) is 3.30. The quantitative estimate of drug-likeness (QED) is 0.825. The van der Waals surface area contributed by atoms with Gasteiger partial charge >= 0.3 is 0 Å². The Kier molecular flexibility index (Phi) is 3.23. The molecule has 2 heterocycles. The van der Waals surface area contributed by atoms with Crippen LogP contribution in [0, 0.1) is 6.92 Å². The molecule has 0 aliphatic carbocycles. The van der Waals surface area contributed by atoms with Crippen molar-refractivity contribution in [2.75, 3.05) is 5.32 Å². The minimum Gasteiger partial charge on any atom is -0.381 e. The molecule has 0 saturated heterocycles. The third kappa shape index (κ3) is 2.70. The standard InChI is InChI=1S/C11H11ClN2S/c1-8-6-15-7-9(8)5-14-10-2-3-13-11(12)4-10/h2-4,6-7H,5H2,1H3,(H,13,14). The fraction of sp³-hybridized carbons (Fsp3) is 0.182. The van der Waals surface area contributed by atoms with E-state index in [0.717, 1.165) is 12.2 Å². The predicted octanol–water partition coefficient (Wildman–Crippen LogP) is 3.72. The molecule has 0 saturated carbocycles. The van der Waals surface area contributed by atoms with Crippen molar-refractivity contribution < 1.29 is 0 Å². The molecule has 15 heavy (non-hydrogen) atoms. The Balaban J connectivity index is 2.02. The van der Waals surface area contributed by atoms with Crippen molar-refractivity contribution in [1.29, 1.82) is 0 Å². The average molecular weight is 239 g/mol. The Bertz CT molecular complexity index is 453. The van der Waals surface area contributed by atoms with Gasteiger partial charge in [-0.05, 0) is 40.9 Å². The molecule has 2 nitrogen and oxygen atoms in total. The van der Waals surface area contributed by atoms with Crippen molar-refractivity contribution in [1.82, 2.24) is 4.98 Å². The first kappa shape index (κ1) is 10.5. The average Bonchev–Trinajstić information content (AvgIpc) is 2.61. The lowest BCUT2D eigenvalue weighted by atomic mass is 10.2. The molecule has 0 aromatic carbocycles. The molecule has 0 radical (unpaired) electrons. The smallest absolute Gasteiger partial charge is 0.131 e. The molecule has 4 heteroatoms. The van der Waals surface area contributed by atoms with Crippen molar-refractivity contribution in [3.8, 4) is 0 Å². The summed E-state index contributed by atoms with van der Waals surface area (Å²) in [5, 5.41) is 8.13. The highest BCUT2D eigenvalue weighted by molar-refractivity contribution is 7.08. The van der Waals surface area contributed by atoms with E-state index in [1.54, 1.807) is 17.5 Å². The number of aromatic nitrogens is 1. The zero-order chi connectivity index (χ0) is 10.7. The minimum atomic E-state index is 0.516. The van der Waals surface area contributed by atoms with Gasteiger partial charge < -0.3 is 5.32 Å². The summed E-state index contributed by atoms with van der Waals surface area (Å²) in [6.07, 6.45) is 1.70. The van der Waals surface area contributed by atoms with E-state index in [-0.39, 0.29) is 0 Å². The molecule has 2 aromatic heterocycles. The predicted molar refractivity (Wildman–Crippen MR) is 65.6 cm³/mol. The number of anilines is 1. The second-order valence-corrected chi connectivity index (χ2v) is 4.43. The Morgan fingerprint density at radius 2 is 2.33 bits per heavy atom. The van der Waals surface area contributed by atoms with Crippen LogP contribution in [0.4, 0.5) is 5.69 Å². The fourth-order valence-corrected chi connectivity index (χ4v) is 2.31. The molecule has 78 valence electrons. The first-order valence-corrected chi connectivity index (χ1v) is 5.95. The lowest BCUT2D eigenvalue weighted by Crippen LogP contribution is -1.99. The van der Waals surface area contributed by atoms with E-state index in [4.69, 9.17) is 11.6 Å². The van der Waals surface area contributed by atoms with E-state index in [2.05, 4.69) is 28.0 Å². The number of hydrogen-bond donors (Lipinski definition) is 1. The molecule has 0 bridgehead atoms. The number of hydrogen-bond acceptors (Lipinski definition) is 3. The summed E-state index contributed by atoms with van der Waals surface area (Å²) >= 11 is 7.51. The zero-order valence-electron chi connectivity index (χ0n) is 8.33. The van der Waals surface area contributed by atoms with Crippen LogP contribution in [0.15, 0.2) is 29.1 Å². The van der Waals surface area contributed by atoms with Crippen molar-refractivity contribution in [3.63, 3.8) is 0 Å². The number of pyridine rings is 1. The SMILES string of the molecule is Cc1cscc1CNc1ccnc(Cl)c1. The minimum absolute atomic E-state index is 0.516. The Hall–Kier alpha value is -1.06. The normalized spacial score (nSPS) is 10.3. The van der Waals surface area contributed by atoms with Gasteiger partial charge in [-0.2, -0.15) is 11.3 Å². The summed E-state index contributed by atoms with van der Waals surface area (Å²) in [5.41, 5.74) is 3.65. The van der Waals surface area contributed by atoms with Crippen LogP contribution in [0.5, 0.6) is 0 Å². The van der Waals surface area contributed by atoms with Gasteiger partial charge in [-0.25, -0.2) is 4.98 Å². The number of nitrogens with zero attached hydrogens (tertiary/aromatic N) is 1. The lowest BCUT2D eigenvalue weighted by Gasteiger charge is -2.05. The third-order valence-electron chi connectivity index (χ3n) is 2.17. The maximum absolute atomic E-state index is 5.79. The van der Waals surface area contributed by atoms with Gasteiger partial charge in [0.25, 0.3) is 0 Å². The van der Waals surface area contributed by atoms with Crippen LogP contribution in [0.3, 0.4) is 0 Å². The molecular weight excluding hydrogens is 228 g/mol. The fourth-order valence-electron chi connectivity index (χ4n) is 1.28. The summed E-state index contributed by atoms with van der Waals surface area (Å²) in [5.74, 6) is 0. The summed E-state index contributed by atoms with van der Waals surface area (Å²) in [6.45, 7) is 2.95. The molecule has 0 amide bonds. The summed E-state index contributed by atoms with van der Waals surface area (Å²) in [6, 6.07) is 3.73. The van der Waals surface area contributed by atoms with Crippen LogP contribution in [0.25, 0.3) is 0 Å². The van der Waals surface area contributed by atoms with Crippen molar-refractivity contribution >= 4 is 28.6 Å². The Morgan fingerprint density at radius 3 is 3.00 bits per heavy atom. The van der Waals surface area contributed by atoms with Crippen LogP contribution in [-0.4, -0.2) is 4.98 Å². The molecule has 0 atom stereocenters. The molecule has 1 N–H and O–H groups in total. The number of aryl methyl sites for hydroxylation is 1. The summed E-state index contributed by atoms with van der Waals surface area (Å²) in [7, 11) is 0. The maximum Gasteiger partial charge on any atom is 0.131 e. The number of rotatable bonds is 3. The molecular formula is C11H11ClN2S. The van der Waals surface area contributed by atoms with E-state index >= 15 is 0 Å². The molecule has 0 unspecified atom stereocenters. The topological polar surface area (TPSA) is 24.9 Å². The van der Waals surface area contributed by atoms with E-state index in [9.17, 15) is 0 Å². The Labute approximate surface area is 97.9 Å². The van der Waals surface area contributed by atoms with Crippen LogP contribution < -0.4 is 5.32 Å². The van der Waals surface area contributed by atoms with Crippen LogP contribution in [-0.2, 0) is 6.54 Å². The van der Waals surface area contributed by atoms with Gasteiger partial charge in [0.2, 0.25) is 0 Å². The van der Waals surface area contributed by atoms with Crippen molar-refractivity contribution in [3.05, 3.63) is 45.4 Å². The maximum atomic E-state index is 5.79. The molecule has 0 aliphatic heterocycles. The van der Waals surface area contributed by atoms with Gasteiger partial charge in [-0.15, -0.1) is 0 Å². The summed E-state index contributed by atoms with van der Waals surface area (Å²) in [4.78, 5) is 3.93. The Morgan fingerprint density at radius 1 is 1.47 bits per heavy atom. The second kappa shape index (κ2) is 4.64. The largest absolute Gasteiger partial charge is 0.381 e. The summed E-state index contributed by atoms with van der Waals surface area (Å²) < 4.78 is 0. The van der Waals surface area contributed by atoms with Gasteiger partial charge in [0.15, 0.2) is 0 Å². The van der Waals surface area contributed by atoms with E-state index in [1.807, 2.05) is 12.1 Å². The molecule has 0 fully saturated rings. The highest BCUT2D eigenvalue weighted by atomic mass is 35.5. The van der Waals surface area contributed by atoms with E-state index in [1.165, 1.54) is 11.1 Å². The van der Waals surface area contributed by atoms with Gasteiger partial charge in [0, 0.05) is 18.4 Å². The zero-order valence-corrected chi connectivity index (χ0v) is 9.90. The number of halogens is 1. The molecule has 2 rings (SSSR count). The monoisotopic (exact) mass is 238 g/mol. The molecule has 0 aliphatic rings. The number of nitrogens with one attached hydrogen (secondary N) is 1. The van der Waals surface area contributed by atoms with Crippen LogP contribution in [0.1, 0.15) is 11.1 Å². The van der Waals surface area contributed by atoms with Crippen LogP contribution >= 0.6 is 22.9 Å². The van der Waals surface area contributed by atoms with Crippen LogP contribution in [0.2, 0.25) is 5.15 Å².